The first kappa shape index (κ1) is 14.5. The van der Waals surface area contributed by atoms with Crippen LogP contribution in [0.5, 0.6) is 0 Å². The number of rotatable bonds is 4. The minimum absolute atomic E-state index is 0.0302. The highest BCUT2D eigenvalue weighted by atomic mass is 16.1. The van der Waals surface area contributed by atoms with Gasteiger partial charge in [0.05, 0.1) is 11.6 Å². The maximum absolute atomic E-state index is 12.1. The molecule has 0 amide bonds. The number of aryl methyl sites for hydroxylation is 2. The van der Waals surface area contributed by atoms with Crippen LogP contribution in [-0.4, -0.2) is 5.78 Å². The van der Waals surface area contributed by atoms with Crippen molar-refractivity contribution in [1.82, 2.24) is 0 Å². The number of nitriles is 1. The summed E-state index contributed by atoms with van der Waals surface area (Å²) in [5.41, 5.74) is 4.19. The van der Waals surface area contributed by atoms with Crippen LogP contribution < -0.4 is 5.32 Å². The van der Waals surface area contributed by atoms with Crippen molar-refractivity contribution >= 4 is 11.5 Å². The van der Waals surface area contributed by atoms with E-state index in [4.69, 9.17) is 5.26 Å². The fourth-order valence-electron chi connectivity index (χ4n) is 1.95. The molecule has 0 radical (unpaired) electrons. The molecule has 104 valence electrons. The van der Waals surface area contributed by atoms with Crippen molar-refractivity contribution in [1.29, 1.82) is 5.26 Å². The summed E-state index contributed by atoms with van der Waals surface area (Å²) in [5, 5.41) is 11.7. The molecule has 0 fully saturated rings. The molecule has 3 nitrogen and oxygen atoms in total. The Morgan fingerprint density at radius 1 is 1.14 bits per heavy atom. The first-order chi connectivity index (χ1) is 10.1. The molecule has 0 saturated heterocycles. The van der Waals surface area contributed by atoms with Crippen LogP contribution in [0.15, 0.2) is 54.7 Å². The average Bonchev–Trinajstić information content (AvgIpc) is 2.50. The number of anilines is 1. The molecule has 0 bridgehead atoms. The van der Waals surface area contributed by atoms with Crippen LogP contribution in [0.25, 0.3) is 0 Å². The predicted octanol–water partition coefficient (Wildman–Crippen LogP) is 3.98. The monoisotopic (exact) mass is 276 g/mol. The van der Waals surface area contributed by atoms with Gasteiger partial charge in [-0.25, -0.2) is 0 Å². The number of hydrogen-bond donors (Lipinski definition) is 1. The Balaban J connectivity index is 2.05. The third-order valence-corrected chi connectivity index (χ3v) is 3.16. The molecule has 0 aliphatic heterocycles. The summed E-state index contributed by atoms with van der Waals surface area (Å²) in [6, 6.07) is 14.9. The molecule has 21 heavy (non-hydrogen) atoms. The van der Waals surface area contributed by atoms with Crippen molar-refractivity contribution in [3.05, 3.63) is 77.0 Å². The molecule has 2 aromatic carbocycles. The first-order valence-corrected chi connectivity index (χ1v) is 6.65. The largest absolute Gasteiger partial charge is 0.362 e. The minimum atomic E-state index is -0.0302. The Hall–Kier alpha value is -2.86. The van der Waals surface area contributed by atoms with Gasteiger partial charge in [-0.15, -0.1) is 0 Å². The molecule has 3 heteroatoms. The number of allylic oxidation sites excluding steroid dienone is 1. The lowest BCUT2D eigenvalue weighted by Gasteiger charge is -2.04. The molecule has 0 aromatic heterocycles. The van der Waals surface area contributed by atoms with E-state index in [1.165, 1.54) is 6.08 Å². The second kappa shape index (κ2) is 6.53. The Morgan fingerprint density at radius 2 is 1.86 bits per heavy atom. The van der Waals surface area contributed by atoms with E-state index >= 15 is 0 Å². The molecule has 1 N–H and O–H groups in total. The fourth-order valence-corrected chi connectivity index (χ4v) is 1.95. The average molecular weight is 276 g/mol. The van der Waals surface area contributed by atoms with E-state index < -0.39 is 0 Å². The lowest BCUT2D eigenvalue weighted by molar-refractivity contribution is 0.104. The number of carbonyl (C=O) groups excluding carboxylic acids is 1. The topological polar surface area (TPSA) is 52.9 Å². The van der Waals surface area contributed by atoms with Crippen LogP contribution in [0.4, 0.5) is 5.69 Å². The van der Waals surface area contributed by atoms with Gasteiger partial charge in [0.25, 0.3) is 0 Å². The third-order valence-electron chi connectivity index (χ3n) is 3.16. The summed E-state index contributed by atoms with van der Waals surface area (Å²) in [6.45, 7) is 3.89. The molecule has 0 aliphatic rings. The second-order valence-electron chi connectivity index (χ2n) is 4.85. The van der Waals surface area contributed by atoms with Crippen LogP contribution in [0.3, 0.4) is 0 Å². The highest BCUT2D eigenvalue weighted by Crippen LogP contribution is 2.12. The van der Waals surface area contributed by atoms with Crippen molar-refractivity contribution < 1.29 is 4.79 Å². The van der Waals surface area contributed by atoms with Gasteiger partial charge in [-0.1, -0.05) is 17.7 Å². The van der Waals surface area contributed by atoms with E-state index in [9.17, 15) is 4.79 Å². The Bertz CT molecular complexity index is 722. The highest BCUT2D eigenvalue weighted by Gasteiger charge is 2.05. The van der Waals surface area contributed by atoms with Crippen molar-refractivity contribution in [2.24, 2.45) is 0 Å². The first-order valence-electron chi connectivity index (χ1n) is 6.65. The molecule has 2 aromatic rings. The van der Waals surface area contributed by atoms with Crippen LogP contribution in [0.1, 0.15) is 27.0 Å². The summed E-state index contributed by atoms with van der Waals surface area (Å²) in [6.07, 6.45) is 3.13. The van der Waals surface area contributed by atoms with Gasteiger partial charge in [0.1, 0.15) is 0 Å². The molecular formula is C18H16N2O. The van der Waals surface area contributed by atoms with Crippen molar-refractivity contribution in [3.8, 4) is 6.07 Å². The molecule has 2 rings (SSSR count). The lowest BCUT2D eigenvalue weighted by atomic mass is 10.0. The molecule has 0 heterocycles. The zero-order valence-electron chi connectivity index (χ0n) is 12.1. The van der Waals surface area contributed by atoms with E-state index in [1.54, 1.807) is 30.5 Å². The van der Waals surface area contributed by atoms with Gasteiger partial charge in [0.2, 0.25) is 0 Å². The molecule has 0 spiro atoms. The fraction of sp³-hybridized carbons (Fsp3) is 0.111. The summed E-state index contributed by atoms with van der Waals surface area (Å²) in [5.74, 6) is -0.0302. The minimum Gasteiger partial charge on any atom is -0.362 e. The maximum atomic E-state index is 12.1. The lowest BCUT2D eigenvalue weighted by Crippen LogP contribution is -1.99. The standard InChI is InChI=1S/C18H16N2O/c1-13-3-4-14(2)17(11-13)18(21)9-10-20-16-7-5-15(12-19)6-8-16/h3-11,20H,1-2H3/b10-9+. The Morgan fingerprint density at radius 3 is 2.52 bits per heavy atom. The van der Waals surface area contributed by atoms with Crippen LogP contribution in [0.2, 0.25) is 0 Å². The summed E-state index contributed by atoms with van der Waals surface area (Å²) >= 11 is 0. The number of carbonyl (C=O) groups is 1. The van der Waals surface area contributed by atoms with Crippen LogP contribution in [0, 0.1) is 25.2 Å². The van der Waals surface area contributed by atoms with Crippen molar-refractivity contribution in [3.63, 3.8) is 0 Å². The number of ketones is 1. The molecule has 0 saturated carbocycles. The quantitative estimate of drug-likeness (QED) is 0.678. The molecule has 0 unspecified atom stereocenters. The van der Waals surface area contributed by atoms with Gasteiger partial charge >= 0.3 is 0 Å². The SMILES string of the molecule is Cc1ccc(C)c(C(=O)/C=C/Nc2ccc(C#N)cc2)c1. The molecule has 0 atom stereocenters. The van der Waals surface area contributed by atoms with E-state index in [0.29, 0.717) is 11.1 Å². The number of nitrogens with zero attached hydrogens (tertiary/aromatic N) is 1. The highest BCUT2D eigenvalue weighted by molar-refractivity contribution is 6.05. The number of hydrogen-bond acceptors (Lipinski definition) is 3. The number of nitrogens with one attached hydrogen (secondary N) is 1. The van der Waals surface area contributed by atoms with Crippen LogP contribution >= 0.6 is 0 Å². The van der Waals surface area contributed by atoms with Gasteiger partial charge in [0.15, 0.2) is 5.78 Å². The molecular weight excluding hydrogens is 260 g/mol. The predicted molar refractivity (Wildman–Crippen MR) is 84.2 cm³/mol. The van der Waals surface area contributed by atoms with Gasteiger partial charge in [-0.3, -0.25) is 4.79 Å². The van der Waals surface area contributed by atoms with Gasteiger partial charge in [-0.05, 0) is 49.7 Å². The van der Waals surface area contributed by atoms with Gasteiger partial charge < -0.3 is 5.32 Å². The smallest absolute Gasteiger partial charge is 0.187 e. The summed E-state index contributed by atoms with van der Waals surface area (Å²) < 4.78 is 0. The zero-order valence-corrected chi connectivity index (χ0v) is 12.1. The number of benzene rings is 2. The maximum Gasteiger partial charge on any atom is 0.187 e. The van der Waals surface area contributed by atoms with E-state index in [2.05, 4.69) is 11.4 Å². The van der Waals surface area contributed by atoms with E-state index in [-0.39, 0.29) is 5.78 Å². The Labute approximate surface area is 124 Å². The van der Waals surface area contributed by atoms with E-state index in [0.717, 1.165) is 16.8 Å². The van der Waals surface area contributed by atoms with Gasteiger partial charge in [0, 0.05) is 23.5 Å². The summed E-state index contributed by atoms with van der Waals surface area (Å²) in [7, 11) is 0. The van der Waals surface area contributed by atoms with E-state index in [1.807, 2.05) is 32.0 Å². The molecule has 0 aliphatic carbocycles. The normalized spacial score (nSPS) is 10.3. The Kier molecular flexibility index (Phi) is 4.53. The summed E-state index contributed by atoms with van der Waals surface area (Å²) in [4.78, 5) is 12.1. The van der Waals surface area contributed by atoms with Gasteiger partial charge in [-0.2, -0.15) is 5.26 Å². The van der Waals surface area contributed by atoms with Crippen molar-refractivity contribution in [2.45, 2.75) is 13.8 Å². The zero-order chi connectivity index (χ0) is 15.2. The second-order valence-corrected chi connectivity index (χ2v) is 4.85. The van der Waals surface area contributed by atoms with Crippen molar-refractivity contribution in [2.75, 3.05) is 5.32 Å². The van der Waals surface area contributed by atoms with Crippen LogP contribution in [-0.2, 0) is 0 Å². The third kappa shape index (κ3) is 3.80.